The molecule has 1 aromatic carbocycles. The highest BCUT2D eigenvalue weighted by molar-refractivity contribution is 6.32. The maximum atomic E-state index is 6.30. The molecule has 3 rings (SSSR count). The van der Waals surface area contributed by atoms with E-state index in [9.17, 15) is 0 Å². The van der Waals surface area contributed by atoms with E-state index in [0.717, 1.165) is 34.6 Å². The molecule has 0 radical (unpaired) electrons. The summed E-state index contributed by atoms with van der Waals surface area (Å²) < 4.78 is 5.33. The van der Waals surface area contributed by atoms with Gasteiger partial charge in [0.2, 0.25) is 0 Å². The summed E-state index contributed by atoms with van der Waals surface area (Å²) in [4.78, 5) is 8.54. The lowest BCUT2D eigenvalue weighted by Crippen LogP contribution is -2.23. The number of methoxy groups -OCH3 is 1. The van der Waals surface area contributed by atoms with Crippen molar-refractivity contribution in [2.45, 2.75) is 6.54 Å². The van der Waals surface area contributed by atoms with Gasteiger partial charge >= 0.3 is 0 Å². The lowest BCUT2D eigenvalue weighted by Gasteiger charge is -2.18. The van der Waals surface area contributed by atoms with E-state index in [-0.39, 0.29) is 0 Å². The van der Waals surface area contributed by atoms with Gasteiger partial charge in [0.15, 0.2) is 0 Å². The number of ether oxygens (including phenoxy) is 1. The van der Waals surface area contributed by atoms with Crippen molar-refractivity contribution >= 4 is 22.6 Å². The van der Waals surface area contributed by atoms with Gasteiger partial charge in [-0.1, -0.05) is 11.6 Å². The van der Waals surface area contributed by atoms with Gasteiger partial charge in [0.25, 0.3) is 0 Å². The second kappa shape index (κ2) is 6.01. The van der Waals surface area contributed by atoms with Crippen LogP contribution in [0.2, 0.25) is 5.02 Å². The normalized spacial score (nSPS) is 14.2. The van der Waals surface area contributed by atoms with Crippen LogP contribution in [0.4, 0.5) is 0 Å². The molecule has 0 aliphatic carbocycles. The molecule has 0 saturated carbocycles. The fourth-order valence-electron chi connectivity index (χ4n) is 2.18. The predicted molar refractivity (Wildman–Crippen MR) is 82.6 cm³/mol. The summed E-state index contributed by atoms with van der Waals surface area (Å²) in [5.41, 5.74) is 3.49. The first-order valence-corrected chi connectivity index (χ1v) is 6.97. The van der Waals surface area contributed by atoms with Gasteiger partial charge in [-0.15, -0.1) is 0 Å². The van der Waals surface area contributed by atoms with Crippen molar-refractivity contribution in [3.63, 3.8) is 0 Å². The van der Waals surface area contributed by atoms with Crippen LogP contribution in [0.3, 0.4) is 0 Å². The van der Waals surface area contributed by atoms with E-state index in [1.165, 1.54) is 0 Å². The van der Waals surface area contributed by atoms with E-state index < -0.39 is 0 Å². The standard InChI is InChI=1S/C15H15ClN4O/c1-21-15-2-3-17-9-14(15)20-8-10-6-12-13(7-11(10)16)19-5-4-18-12/h2,4-7,9,17,20H,3,8H2,1H3. The number of benzene rings is 1. The van der Waals surface area contributed by atoms with Crippen LogP contribution in [-0.2, 0) is 11.3 Å². The Kier molecular flexibility index (Phi) is 3.92. The molecule has 108 valence electrons. The number of rotatable bonds is 4. The number of aromatic nitrogens is 2. The molecule has 0 spiro atoms. The average Bonchev–Trinajstić information content (AvgIpc) is 2.53. The van der Waals surface area contributed by atoms with Gasteiger partial charge < -0.3 is 15.4 Å². The van der Waals surface area contributed by atoms with Crippen LogP contribution < -0.4 is 10.6 Å². The molecule has 1 aliphatic heterocycles. The minimum absolute atomic E-state index is 0.583. The molecule has 0 saturated heterocycles. The van der Waals surface area contributed by atoms with E-state index in [0.29, 0.717) is 11.6 Å². The van der Waals surface area contributed by atoms with Gasteiger partial charge in [-0.3, -0.25) is 9.97 Å². The smallest absolute Gasteiger partial charge is 0.141 e. The van der Waals surface area contributed by atoms with Crippen LogP contribution in [0.25, 0.3) is 11.0 Å². The Bertz CT molecular complexity index is 727. The first kappa shape index (κ1) is 13.7. The quantitative estimate of drug-likeness (QED) is 0.908. The van der Waals surface area contributed by atoms with E-state index in [2.05, 4.69) is 20.6 Å². The van der Waals surface area contributed by atoms with Crippen LogP contribution in [0.5, 0.6) is 0 Å². The Morgan fingerprint density at radius 2 is 2.05 bits per heavy atom. The van der Waals surface area contributed by atoms with E-state index in [1.807, 2.05) is 24.4 Å². The molecule has 2 aromatic rings. The highest BCUT2D eigenvalue weighted by Crippen LogP contribution is 2.22. The number of halogens is 1. The lowest BCUT2D eigenvalue weighted by atomic mass is 10.1. The molecule has 1 aromatic heterocycles. The first-order chi connectivity index (χ1) is 10.3. The second-order valence-corrected chi connectivity index (χ2v) is 4.99. The number of dihydropyridines is 1. The zero-order chi connectivity index (χ0) is 14.7. The molecule has 21 heavy (non-hydrogen) atoms. The van der Waals surface area contributed by atoms with Gasteiger partial charge in [0.1, 0.15) is 5.76 Å². The zero-order valence-electron chi connectivity index (χ0n) is 11.6. The maximum absolute atomic E-state index is 6.30. The van der Waals surface area contributed by atoms with Crippen molar-refractivity contribution in [2.24, 2.45) is 0 Å². The third kappa shape index (κ3) is 2.92. The molecule has 0 bridgehead atoms. The second-order valence-electron chi connectivity index (χ2n) is 4.58. The molecule has 2 N–H and O–H groups in total. The number of fused-ring (bicyclic) bond motifs is 1. The zero-order valence-corrected chi connectivity index (χ0v) is 12.3. The van der Waals surface area contributed by atoms with Crippen molar-refractivity contribution in [3.8, 4) is 0 Å². The van der Waals surface area contributed by atoms with Crippen molar-refractivity contribution in [1.82, 2.24) is 20.6 Å². The molecule has 0 unspecified atom stereocenters. The van der Waals surface area contributed by atoms with Gasteiger partial charge in [0, 0.05) is 36.7 Å². The van der Waals surface area contributed by atoms with Crippen LogP contribution >= 0.6 is 11.6 Å². The van der Waals surface area contributed by atoms with E-state index in [1.54, 1.807) is 19.5 Å². The highest BCUT2D eigenvalue weighted by atomic mass is 35.5. The fraction of sp³-hybridized carbons (Fsp3) is 0.200. The molecular formula is C15H15ClN4O. The fourth-order valence-corrected chi connectivity index (χ4v) is 2.40. The summed E-state index contributed by atoms with van der Waals surface area (Å²) in [5, 5.41) is 7.13. The van der Waals surface area contributed by atoms with Crippen LogP contribution in [-0.4, -0.2) is 23.6 Å². The molecule has 0 amide bonds. The van der Waals surface area contributed by atoms with E-state index >= 15 is 0 Å². The Balaban J connectivity index is 1.80. The monoisotopic (exact) mass is 302 g/mol. The number of hydrogen-bond donors (Lipinski definition) is 2. The van der Waals surface area contributed by atoms with Gasteiger partial charge in [0.05, 0.1) is 23.8 Å². The van der Waals surface area contributed by atoms with Gasteiger partial charge in [-0.25, -0.2) is 0 Å². The van der Waals surface area contributed by atoms with Crippen molar-refractivity contribution in [1.29, 1.82) is 0 Å². The van der Waals surface area contributed by atoms with Gasteiger partial charge in [-0.05, 0) is 23.8 Å². The summed E-state index contributed by atoms with van der Waals surface area (Å²) >= 11 is 6.30. The first-order valence-electron chi connectivity index (χ1n) is 6.59. The molecule has 0 atom stereocenters. The topological polar surface area (TPSA) is 59.1 Å². The Hall–Kier alpha value is -2.27. The summed E-state index contributed by atoms with van der Waals surface area (Å²) in [6.45, 7) is 1.35. The molecule has 6 heteroatoms. The third-order valence-electron chi connectivity index (χ3n) is 3.24. The van der Waals surface area contributed by atoms with E-state index in [4.69, 9.17) is 16.3 Å². The predicted octanol–water partition coefficient (Wildman–Crippen LogP) is 2.35. The lowest BCUT2D eigenvalue weighted by molar-refractivity contribution is 0.291. The Morgan fingerprint density at radius 3 is 2.81 bits per heavy atom. The number of hydrogen-bond acceptors (Lipinski definition) is 5. The Labute approximate surface area is 127 Å². The SMILES string of the molecule is COC1=CCNC=C1NCc1cc2nccnc2cc1Cl. The van der Waals surface area contributed by atoms with Crippen molar-refractivity contribution < 1.29 is 4.74 Å². The molecule has 1 aliphatic rings. The maximum Gasteiger partial charge on any atom is 0.141 e. The average molecular weight is 303 g/mol. The van der Waals surface area contributed by atoms with Crippen LogP contribution in [0.15, 0.2) is 48.3 Å². The Morgan fingerprint density at radius 1 is 1.29 bits per heavy atom. The molecular weight excluding hydrogens is 288 g/mol. The van der Waals surface area contributed by atoms with Crippen molar-refractivity contribution in [2.75, 3.05) is 13.7 Å². The summed E-state index contributed by atoms with van der Waals surface area (Å²) in [6.07, 6.45) is 7.21. The highest BCUT2D eigenvalue weighted by Gasteiger charge is 2.10. The summed E-state index contributed by atoms with van der Waals surface area (Å²) in [5.74, 6) is 0.824. The summed E-state index contributed by atoms with van der Waals surface area (Å²) in [7, 11) is 1.66. The molecule has 5 nitrogen and oxygen atoms in total. The summed E-state index contributed by atoms with van der Waals surface area (Å²) in [6, 6.07) is 3.78. The minimum atomic E-state index is 0.583. The van der Waals surface area contributed by atoms with Crippen LogP contribution in [0, 0.1) is 0 Å². The number of nitrogens with one attached hydrogen (secondary N) is 2. The largest absolute Gasteiger partial charge is 0.495 e. The molecule has 2 heterocycles. The number of nitrogens with zero attached hydrogens (tertiary/aromatic N) is 2. The minimum Gasteiger partial charge on any atom is -0.495 e. The van der Waals surface area contributed by atoms with Crippen LogP contribution in [0.1, 0.15) is 5.56 Å². The molecule has 0 fully saturated rings. The third-order valence-corrected chi connectivity index (χ3v) is 3.60. The van der Waals surface area contributed by atoms with Gasteiger partial charge in [-0.2, -0.15) is 0 Å². The van der Waals surface area contributed by atoms with Crippen molar-refractivity contribution in [3.05, 3.63) is 58.8 Å².